The van der Waals surface area contributed by atoms with Gasteiger partial charge < -0.3 is 15.1 Å². The number of hydrogen-bond donors (Lipinski definition) is 1. The molecule has 4 rings (SSSR count). The number of thiazole rings is 1. The summed E-state index contributed by atoms with van der Waals surface area (Å²) < 4.78 is 1.05. The second-order valence-electron chi connectivity index (χ2n) is 9.02. The van der Waals surface area contributed by atoms with Crippen molar-refractivity contribution in [3.8, 4) is 0 Å². The van der Waals surface area contributed by atoms with Gasteiger partial charge in [-0.3, -0.25) is 9.69 Å². The fourth-order valence-electron chi connectivity index (χ4n) is 4.37. The number of fused-ring (bicyclic) bond motifs is 1. The van der Waals surface area contributed by atoms with Gasteiger partial charge in [0, 0.05) is 63.1 Å². The van der Waals surface area contributed by atoms with Gasteiger partial charge in [0.25, 0.3) is 5.91 Å². The minimum Gasteiger partial charge on any atom is -0.353 e. The van der Waals surface area contributed by atoms with Gasteiger partial charge >= 0.3 is 0 Å². The lowest BCUT2D eigenvalue weighted by Crippen LogP contribution is -2.46. The van der Waals surface area contributed by atoms with Crippen LogP contribution in [0.2, 0.25) is 0 Å². The minimum absolute atomic E-state index is 0.0247. The molecule has 1 aliphatic rings. The molecule has 0 aliphatic carbocycles. The van der Waals surface area contributed by atoms with Gasteiger partial charge in [-0.15, -0.1) is 0 Å². The number of rotatable bonds is 8. The van der Waals surface area contributed by atoms with E-state index in [9.17, 15) is 4.79 Å². The molecule has 1 N–H and O–H groups in total. The number of nitrogens with one attached hydrogen (secondary N) is 1. The molecule has 8 heteroatoms. The lowest BCUT2D eigenvalue weighted by atomic mass is 10.2. The number of nitrogens with zero attached hydrogens (tertiary/aromatic N) is 5. The van der Waals surface area contributed by atoms with E-state index in [0.29, 0.717) is 24.2 Å². The summed E-state index contributed by atoms with van der Waals surface area (Å²) in [6, 6.07) is 12.8. The third kappa shape index (κ3) is 5.62. The topological polar surface area (TPSA) is 64.6 Å². The van der Waals surface area contributed by atoms with Crippen molar-refractivity contribution in [3.05, 3.63) is 48.2 Å². The van der Waals surface area contributed by atoms with Crippen molar-refractivity contribution in [3.63, 3.8) is 0 Å². The molecule has 2 aromatic heterocycles. The maximum Gasteiger partial charge on any atom is 0.251 e. The predicted octanol–water partition coefficient (Wildman–Crippen LogP) is 3.87. The summed E-state index contributed by atoms with van der Waals surface area (Å²) in [6.07, 6.45) is 1.84. The van der Waals surface area contributed by atoms with Crippen molar-refractivity contribution in [2.45, 2.75) is 39.8 Å². The quantitative estimate of drug-likeness (QED) is 0.544. The molecule has 7 nitrogen and oxygen atoms in total. The molecule has 1 fully saturated rings. The summed E-state index contributed by atoms with van der Waals surface area (Å²) in [5.74, 6) is 1.00. The van der Waals surface area contributed by atoms with Crippen LogP contribution in [0.15, 0.2) is 42.6 Å². The molecule has 0 radical (unpaired) electrons. The van der Waals surface area contributed by atoms with Gasteiger partial charge in [-0.05, 0) is 58.0 Å². The first-order valence-corrected chi connectivity index (χ1v) is 12.6. The summed E-state index contributed by atoms with van der Waals surface area (Å²) in [5, 5.41) is 4.10. The van der Waals surface area contributed by atoms with E-state index in [1.54, 1.807) is 11.3 Å². The second-order valence-corrected chi connectivity index (χ2v) is 10.0. The molecule has 0 unspecified atom stereocenters. The van der Waals surface area contributed by atoms with Crippen molar-refractivity contribution >= 4 is 38.4 Å². The van der Waals surface area contributed by atoms with Crippen molar-refractivity contribution in [1.29, 1.82) is 0 Å². The number of aromatic nitrogens is 2. The van der Waals surface area contributed by atoms with Crippen LogP contribution in [0.5, 0.6) is 0 Å². The average molecular weight is 467 g/mol. The zero-order valence-electron chi connectivity index (χ0n) is 20.0. The van der Waals surface area contributed by atoms with Crippen LogP contribution in [-0.2, 0) is 0 Å². The van der Waals surface area contributed by atoms with E-state index in [0.717, 1.165) is 53.9 Å². The minimum atomic E-state index is -0.0247. The van der Waals surface area contributed by atoms with E-state index < -0.39 is 0 Å². The molecule has 0 atom stereocenters. The normalized spacial score (nSPS) is 14.6. The summed E-state index contributed by atoms with van der Waals surface area (Å²) in [4.78, 5) is 29.0. The van der Waals surface area contributed by atoms with E-state index in [-0.39, 0.29) is 5.91 Å². The van der Waals surface area contributed by atoms with Crippen molar-refractivity contribution in [2.24, 2.45) is 0 Å². The van der Waals surface area contributed by atoms with Crippen molar-refractivity contribution < 1.29 is 4.79 Å². The number of carbonyl (C=O) groups is 1. The highest BCUT2D eigenvalue weighted by Crippen LogP contribution is 2.30. The van der Waals surface area contributed by atoms with E-state index >= 15 is 0 Å². The molecular weight excluding hydrogens is 432 g/mol. The van der Waals surface area contributed by atoms with Crippen LogP contribution in [0.25, 0.3) is 10.2 Å². The lowest BCUT2D eigenvalue weighted by molar-refractivity contribution is 0.0939. The van der Waals surface area contributed by atoms with E-state index in [2.05, 4.69) is 58.8 Å². The highest BCUT2D eigenvalue weighted by Gasteiger charge is 2.21. The molecule has 1 amide bonds. The second kappa shape index (κ2) is 10.5. The number of pyridine rings is 1. The summed E-state index contributed by atoms with van der Waals surface area (Å²) >= 11 is 1.66. The number of hydrogen-bond acceptors (Lipinski definition) is 7. The van der Waals surface area contributed by atoms with Crippen molar-refractivity contribution in [2.75, 3.05) is 49.1 Å². The third-order valence-electron chi connectivity index (χ3n) is 6.14. The van der Waals surface area contributed by atoms with Gasteiger partial charge in [-0.1, -0.05) is 17.4 Å². The Morgan fingerprint density at radius 2 is 1.79 bits per heavy atom. The zero-order chi connectivity index (χ0) is 23.4. The molecule has 176 valence electrons. The van der Waals surface area contributed by atoms with Crippen LogP contribution in [-0.4, -0.2) is 72.1 Å². The number of piperazine rings is 1. The zero-order valence-corrected chi connectivity index (χ0v) is 20.8. The summed E-state index contributed by atoms with van der Waals surface area (Å²) in [7, 11) is 0. The van der Waals surface area contributed by atoms with Crippen LogP contribution in [0.3, 0.4) is 0 Å². The SMILES string of the molecule is CC(C)N(CCNC(=O)c1ccc2nc(N3CCN(c4ccccn4)CC3)sc2c1)C(C)C. The monoisotopic (exact) mass is 466 g/mol. The Morgan fingerprint density at radius 1 is 1.06 bits per heavy atom. The molecule has 0 bridgehead atoms. The highest BCUT2D eigenvalue weighted by atomic mass is 32.1. The first-order valence-electron chi connectivity index (χ1n) is 11.8. The first kappa shape index (κ1) is 23.4. The number of carbonyl (C=O) groups excluding carboxylic acids is 1. The average Bonchev–Trinajstić information content (AvgIpc) is 3.25. The van der Waals surface area contributed by atoms with Gasteiger partial charge in [0.15, 0.2) is 5.13 Å². The maximum absolute atomic E-state index is 12.7. The fraction of sp³-hybridized carbons (Fsp3) is 0.480. The van der Waals surface area contributed by atoms with Gasteiger partial charge in [0.2, 0.25) is 0 Å². The van der Waals surface area contributed by atoms with Gasteiger partial charge in [-0.25, -0.2) is 9.97 Å². The number of amides is 1. The molecule has 1 aliphatic heterocycles. The Kier molecular flexibility index (Phi) is 7.45. The van der Waals surface area contributed by atoms with Crippen LogP contribution < -0.4 is 15.1 Å². The molecular formula is C25H34N6OS. The Hall–Kier alpha value is -2.71. The van der Waals surface area contributed by atoms with E-state index in [1.165, 1.54) is 0 Å². The van der Waals surface area contributed by atoms with Gasteiger partial charge in [0.05, 0.1) is 10.2 Å². The molecule has 1 aromatic carbocycles. The molecule has 1 saturated heterocycles. The van der Waals surface area contributed by atoms with Crippen LogP contribution in [0.4, 0.5) is 10.9 Å². The van der Waals surface area contributed by atoms with Crippen LogP contribution in [0.1, 0.15) is 38.1 Å². The molecule has 0 saturated carbocycles. The van der Waals surface area contributed by atoms with E-state index in [1.807, 2.05) is 36.5 Å². The van der Waals surface area contributed by atoms with Crippen molar-refractivity contribution in [1.82, 2.24) is 20.2 Å². The molecule has 3 aromatic rings. The number of anilines is 2. The van der Waals surface area contributed by atoms with Crippen LogP contribution >= 0.6 is 11.3 Å². The Bertz CT molecular complexity index is 1050. The molecule has 3 heterocycles. The standard InChI is InChI=1S/C25H34N6OS/c1-18(2)31(19(3)4)12-11-27-24(32)20-8-9-21-22(17-20)33-25(28-21)30-15-13-29(14-16-30)23-7-5-6-10-26-23/h5-10,17-19H,11-16H2,1-4H3,(H,27,32). The predicted molar refractivity (Wildman–Crippen MR) is 138 cm³/mol. The largest absolute Gasteiger partial charge is 0.353 e. The first-order chi connectivity index (χ1) is 15.9. The lowest BCUT2D eigenvalue weighted by Gasteiger charge is -2.35. The van der Waals surface area contributed by atoms with Crippen LogP contribution in [0, 0.1) is 0 Å². The summed E-state index contributed by atoms with van der Waals surface area (Å²) in [5.41, 5.74) is 1.64. The van der Waals surface area contributed by atoms with Gasteiger partial charge in [-0.2, -0.15) is 0 Å². The summed E-state index contributed by atoms with van der Waals surface area (Å²) in [6.45, 7) is 13.9. The molecule has 33 heavy (non-hydrogen) atoms. The fourth-order valence-corrected chi connectivity index (χ4v) is 5.43. The smallest absolute Gasteiger partial charge is 0.251 e. The Labute approximate surface area is 200 Å². The third-order valence-corrected chi connectivity index (χ3v) is 7.22. The van der Waals surface area contributed by atoms with E-state index in [4.69, 9.17) is 4.98 Å². The Morgan fingerprint density at radius 3 is 2.45 bits per heavy atom. The Balaban J connectivity index is 1.36. The molecule has 0 spiro atoms. The highest BCUT2D eigenvalue weighted by molar-refractivity contribution is 7.22. The van der Waals surface area contributed by atoms with Gasteiger partial charge in [0.1, 0.15) is 5.82 Å². The number of benzene rings is 1. The maximum atomic E-state index is 12.7.